The number of methoxy groups -OCH3 is 3. The van der Waals surface area contributed by atoms with Gasteiger partial charge in [0.2, 0.25) is 11.7 Å². The van der Waals surface area contributed by atoms with Gasteiger partial charge in [0.1, 0.15) is 0 Å². The number of carbonyl (C=O) groups is 1. The summed E-state index contributed by atoms with van der Waals surface area (Å²) in [6, 6.07) is 3.78. The summed E-state index contributed by atoms with van der Waals surface area (Å²) in [7, 11) is 4.69. The summed E-state index contributed by atoms with van der Waals surface area (Å²) in [5, 5.41) is 3.04. The number of carbonyl (C=O) groups excluding carboxylic acids is 1. The lowest BCUT2D eigenvalue weighted by Crippen LogP contribution is -2.33. The quantitative estimate of drug-likeness (QED) is 0.758. The molecule has 0 bridgehead atoms. The molecule has 1 atom stereocenters. The molecule has 5 nitrogen and oxygen atoms in total. The second-order valence-electron chi connectivity index (χ2n) is 6.15. The van der Waals surface area contributed by atoms with Crippen LogP contribution in [0.4, 0.5) is 0 Å². The van der Waals surface area contributed by atoms with Gasteiger partial charge in [0, 0.05) is 6.04 Å². The third-order valence-electron chi connectivity index (χ3n) is 3.67. The van der Waals surface area contributed by atoms with E-state index in [0.29, 0.717) is 23.2 Å². The van der Waals surface area contributed by atoms with Crippen molar-refractivity contribution in [1.29, 1.82) is 0 Å². The van der Waals surface area contributed by atoms with Crippen molar-refractivity contribution in [3.05, 3.63) is 17.7 Å². The first-order valence-corrected chi connectivity index (χ1v) is 7.99. The van der Waals surface area contributed by atoms with Gasteiger partial charge in [0.05, 0.1) is 27.8 Å². The zero-order valence-corrected chi connectivity index (χ0v) is 15.1. The minimum absolute atomic E-state index is 0.00414. The zero-order chi connectivity index (χ0) is 17.4. The van der Waals surface area contributed by atoms with Crippen molar-refractivity contribution in [1.82, 2.24) is 5.32 Å². The van der Waals surface area contributed by atoms with Crippen LogP contribution in [0.3, 0.4) is 0 Å². The molecule has 0 aliphatic rings. The largest absolute Gasteiger partial charge is 0.493 e. The minimum Gasteiger partial charge on any atom is -0.493 e. The summed E-state index contributed by atoms with van der Waals surface area (Å²) in [5.41, 5.74) is 0.827. The van der Waals surface area contributed by atoms with Crippen molar-refractivity contribution in [3.63, 3.8) is 0 Å². The van der Waals surface area contributed by atoms with Gasteiger partial charge in [-0.25, -0.2) is 0 Å². The van der Waals surface area contributed by atoms with Crippen molar-refractivity contribution in [2.24, 2.45) is 5.92 Å². The van der Waals surface area contributed by atoms with E-state index in [0.717, 1.165) is 18.4 Å². The highest BCUT2D eigenvalue weighted by molar-refractivity contribution is 5.79. The maximum Gasteiger partial charge on any atom is 0.224 e. The standard InChI is InChI=1S/C18H29NO4/c1-12(2)7-8-13(3)19-17(20)11-14-9-15(21-4)18(23-6)16(10-14)22-5/h9-10,12-13H,7-8,11H2,1-6H3,(H,19,20). The summed E-state index contributed by atoms with van der Waals surface area (Å²) in [6.45, 7) is 6.41. The zero-order valence-electron chi connectivity index (χ0n) is 15.1. The molecule has 1 amide bonds. The summed E-state index contributed by atoms with van der Waals surface area (Å²) in [4.78, 5) is 12.2. The molecule has 0 heterocycles. The molecular formula is C18H29NO4. The van der Waals surface area contributed by atoms with Crippen molar-refractivity contribution in [2.75, 3.05) is 21.3 Å². The highest BCUT2D eigenvalue weighted by atomic mass is 16.5. The van der Waals surface area contributed by atoms with Crippen LogP contribution in [0.2, 0.25) is 0 Å². The van der Waals surface area contributed by atoms with Crippen molar-refractivity contribution < 1.29 is 19.0 Å². The SMILES string of the molecule is COc1cc(CC(=O)NC(C)CCC(C)C)cc(OC)c1OC. The number of nitrogens with one attached hydrogen (secondary N) is 1. The maximum absolute atomic E-state index is 12.2. The third-order valence-corrected chi connectivity index (χ3v) is 3.67. The third kappa shape index (κ3) is 6.00. The van der Waals surface area contributed by atoms with E-state index in [4.69, 9.17) is 14.2 Å². The Morgan fingerprint density at radius 1 is 1.00 bits per heavy atom. The smallest absolute Gasteiger partial charge is 0.224 e. The van der Waals surface area contributed by atoms with Crippen LogP contribution in [-0.2, 0) is 11.2 Å². The van der Waals surface area contributed by atoms with Gasteiger partial charge >= 0.3 is 0 Å². The normalized spacial score (nSPS) is 12.0. The Morgan fingerprint density at radius 3 is 2.00 bits per heavy atom. The van der Waals surface area contributed by atoms with Crippen LogP contribution in [0, 0.1) is 5.92 Å². The molecule has 23 heavy (non-hydrogen) atoms. The van der Waals surface area contributed by atoms with Gasteiger partial charge in [-0.2, -0.15) is 0 Å². The van der Waals surface area contributed by atoms with Crippen molar-refractivity contribution in [3.8, 4) is 17.2 Å². The first-order chi connectivity index (χ1) is 10.9. The van der Waals surface area contributed by atoms with E-state index in [1.807, 2.05) is 6.92 Å². The summed E-state index contributed by atoms with van der Waals surface area (Å²) >= 11 is 0. The van der Waals surface area contributed by atoms with Crippen LogP contribution < -0.4 is 19.5 Å². The fourth-order valence-corrected chi connectivity index (χ4v) is 2.40. The number of hydrogen-bond donors (Lipinski definition) is 1. The van der Waals surface area contributed by atoms with Crippen LogP contribution in [0.15, 0.2) is 12.1 Å². The first-order valence-electron chi connectivity index (χ1n) is 7.99. The topological polar surface area (TPSA) is 56.8 Å². The Hall–Kier alpha value is -1.91. The van der Waals surface area contributed by atoms with Gasteiger partial charge in [-0.05, 0) is 43.4 Å². The fourth-order valence-electron chi connectivity index (χ4n) is 2.40. The molecule has 130 valence electrons. The molecule has 0 radical (unpaired) electrons. The van der Waals surface area contributed by atoms with Crippen molar-refractivity contribution in [2.45, 2.75) is 46.1 Å². The lowest BCUT2D eigenvalue weighted by molar-refractivity contribution is -0.121. The second-order valence-corrected chi connectivity index (χ2v) is 6.15. The fraction of sp³-hybridized carbons (Fsp3) is 0.611. The highest BCUT2D eigenvalue weighted by Gasteiger charge is 2.15. The monoisotopic (exact) mass is 323 g/mol. The van der Waals surface area contributed by atoms with Crippen LogP contribution >= 0.6 is 0 Å². The molecule has 1 rings (SSSR count). The molecule has 0 fully saturated rings. The van der Waals surface area contributed by atoms with Gasteiger partial charge in [-0.1, -0.05) is 13.8 Å². The average molecular weight is 323 g/mol. The van der Waals surface area contributed by atoms with Gasteiger partial charge in [-0.15, -0.1) is 0 Å². The lowest BCUT2D eigenvalue weighted by Gasteiger charge is -2.16. The van der Waals surface area contributed by atoms with E-state index in [2.05, 4.69) is 19.2 Å². The molecule has 0 aliphatic heterocycles. The molecule has 1 aromatic rings. The van der Waals surface area contributed by atoms with Gasteiger partial charge in [0.15, 0.2) is 11.5 Å². The summed E-state index contributed by atoms with van der Waals surface area (Å²) in [5.74, 6) is 2.29. The molecular weight excluding hydrogens is 294 g/mol. The van der Waals surface area contributed by atoms with Crippen LogP contribution in [-0.4, -0.2) is 33.3 Å². The van der Waals surface area contributed by atoms with E-state index in [9.17, 15) is 4.79 Å². The van der Waals surface area contributed by atoms with Gasteiger partial charge in [-0.3, -0.25) is 4.79 Å². The average Bonchev–Trinajstić information content (AvgIpc) is 2.51. The molecule has 0 aromatic heterocycles. The number of hydrogen-bond acceptors (Lipinski definition) is 4. The Bertz CT molecular complexity index is 489. The lowest BCUT2D eigenvalue weighted by atomic mass is 10.0. The number of amides is 1. The molecule has 0 saturated carbocycles. The van der Waals surface area contributed by atoms with Gasteiger partial charge in [0.25, 0.3) is 0 Å². The summed E-state index contributed by atoms with van der Waals surface area (Å²) in [6.07, 6.45) is 2.37. The Kier molecular flexibility index (Phi) is 7.72. The molecule has 0 saturated heterocycles. The maximum atomic E-state index is 12.2. The van der Waals surface area contributed by atoms with E-state index >= 15 is 0 Å². The van der Waals surface area contributed by atoms with Crippen LogP contribution in [0.1, 0.15) is 39.2 Å². The highest BCUT2D eigenvalue weighted by Crippen LogP contribution is 2.38. The number of benzene rings is 1. The summed E-state index contributed by atoms with van der Waals surface area (Å²) < 4.78 is 15.9. The molecule has 1 aromatic carbocycles. The Balaban J connectivity index is 2.74. The predicted molar refractivity (Wildman–Crippen MR) is 91.5 cm³/mol. The van der Waals surface area contributed by atoms with E-state index in [1.165, 1.54) is 0 Å². The van der Waals surface area contributed by atoms with Crippen LogP contribution in [0.5, 0.6) is 17.2 Å². The molecule has 1 unspecified atom stereocenters. The predicted octanol–water partition coefficient (Wildman–Crippen LogP) is 3.20. The molecule has 1 N–H and O–H groups in total. The molecule has 0 aliphatic carbocycles. The van der Waals surface area contributed by atoms with E-state index in [1.54, 1.807) is 33.5 Å². The van der Waals surface area contributed by atoms with Gasteiger partial charge < -0.3 is 19.5 Å². The van der Waals surface area contributed by atoms with E-state index < -0.39 is 0 Å². The van der Waals surface area contributed by atoms with E-state index in [-0.39, 0.29) is 18.4 Å². The Labute approximate surface area is 139 Å². The Morgan fingerprint density at radius 2 is 1.57 bits per heavy atom. The first kappa shape index (κ1) is 19.1. The number of rotatable bonds is 9. The second kappa shape index (κ2) is 9.28. The number of ether oxygens (including phenoxy) is 3. The molecule has 0 spiro atoms. The van der Waals surface area contributed by atoms with Crippen LogP contribution in [0.25, 0.3) is 0 Å². The minimum atomic E-state index is -0.00414. The molecule has 5 heteroatoms. The van der Waals surface area contributed by atoms with Crippen molar-refractivity contribution >= 4 is 5.91 Å².